The van der Waals surface area contributed by atoms with Crippen LogP contribution >= 0.6 is 0 Å². The summed E-state index contributed by atoms with van der Waals surface area (Å²) in [6.07, 6.45) is 0. The molecule has 34 heavy (non-hydrogen) atoms. The van der Waals surface area contributed by atoms with Crippen molar-refractivity contribution in [1.29, 1.82) is 0 Å². The van der Waals surface area contributed by atoms with Gasteiger partial charge in [0.05, 0.1) is 13.2 Å². The Morgan fingerprint density at radius 2 is 1.29 bits per heavy atom. The van der Waals surface area contributed by atoms with Crippen LogP contribution in [-0.2, 0) is 19.1 Å². The minimum atomic E-state index is -0.393. The molecule has 0 bridgehead atoms. The van der Waals surface area contributed by atoms with Crippen LogP contribution in [0.4, 0.5) is 0 Å². The summed E-state index contributed by atoms with van der Waals surface area (Å²) >= 11 is 0. The molecule has 0 fully saturated rings. The topological polar surface area (TPSA) is 71.1 Å². The molecule has 6 heteroatoms. The average molecular weight is 463 g/mol. The predicted octanol–water partition coefficient (Wildman–Crippen LogP) is 5.52. The quantitative estimate of drug-likeness (QED) is 0.171. The summed E-state index contributed by atoms with van der Waals surface area (Å²) in [5.41, 5.74) is 0.788. The van der Waals surface area contributed by atoms with E-state index in [1.54, 1.807) is 19.9 Å². The monoisotopic (exact) mass is 462 g/mol. The van der Waals surface area contributed by atoms with Crippen LogP contribution in [0.5, 0.6) is 11.5 Å². The Balaban J connectivity index is 0.000000241. The normalized spacial score (nSPS) is 9.94. The number of rotatable bonds is 10. The molecule has 178 valence electrons. The molecule has 0 saturated carbocycles. The van der Waals surface area contributed by atoms with Crippen LogP contribution in [-0.4, -0.2) is 38.4 Å². The summed E-state index contributed by atoms with van der Waals surface area (Å²) in [5, 5.41) is 2.17. The highest BCUT2D eigenvalue weighted by Crippen LogP contribution is 2.21. The highest BCUT2D eigenvalue weighted by molar-refractivity contribution is 5.90. The molecule has 0 unspecified atom stereocenters. The van der Waals surface area contributed by atoms with Gasteiger partial charge < -0.3 is 18.9 Å². The fraction of sp³-hybridized carbons (Fsp3) is 0.214. The van der Waals surface area contributed by atoms with Crippen molar-refractivity contribution in [2.75, 3.05) is 26.4 Å². The molecule has 0 aliphatic rings. The van der Waals surface area contributed by atoms with E-state index in [0.29, 0.717) is 36.7 Å². The molecule has 0 N–H and O–H groups in total. The van der Waals surface area contributed by atoms with E-state index in [0.717, 1.165) is 16.5 Å². The van der Waals surface area contributed by atoms with Crippen molar-refractivity contribution in [3.05, 3.63) is 97.1 Å². The number of hydrogen-bond acceptors (Lipinski definition) is 6. The summed E-state index contributed by atoms with van der Waals surface area (Å²) in [4.78, 5) is 22.3. The molecule has 0 atom stereocenters. The first kappa shape index (κ1) is 26.4. The Kier molecular flexibility index (Phi) is 11.1. The number of fused-ring (bicyclic) bond motifs is 1. The molecule has 3 aromatic carbocycles. The Morgan fingerprint density at radius 3 is 1.97 bits per heavy atom. The van der Waals surface area contributed by atoms with Crippen molar-refractivity contribution in [2.24, 2.45) is 0 Å². The highest BCUT2D eigenvalue weighted by atomic mass is 16.6. The van der Waals surface area contributed by atoms with Crippen molar-refractivity contribution < 1.29 is 28.5 Å². The zero-order valence-electron chi connectivity index (χ0n) is 19.6. The number of carbonyl (C=O) groups excluding carboxylic acids is 2. The van der Waals surface area contributed by atoms with E-state index in [-0.39, 0.29) is 12.6 Å². The molecular formula is C28H30O6. The maximum absolute atomic E-state index is 11.3. The second-order valence-electron chi connectivity index (χ2n) is 7.37. The van der Waals surface area contributed by atoms with E-state index in [9.17, 15) is 9.59 Å². The van der Waals surface area contributed by atoms with Gasteiger partial charge in [0.15, 0.2) is 0 Å². The van der Waals surface area contributed by atoms with Gasteiger partial charge in [-0.1, -0.05) is 61.7 Å². The minimum absolute atomic E-state index is 0.233. The zero-order valence-corrected chi connectivity index (χ0v) is 19.6. The van der Waals surface area contributed by atoms with Gasteiger partial charge in [-0.2, -0.15) is 0 Å². The number of esters is 2. The van der Waals surface area contributed by atoms with Crippen LogP contribution in [0, 0.1) is 0 Å². The molecule has 0 aliphatic carbocycles. The first-order chi connectivity index (χ1) is 16.4. The van der Waals surface area contributed by atoms with Gasteiger partial charge in [-0.15, -0.1) is 0 Å². The molecule has 0 amide bonds. The molecule has 0 saturated heterocycles. The number of para-hydroxylation sites is 1. The van der Waals surface area contributed by atoms with Crippen molar-refractivity contribution in [1.82, 2.24) is 0 Å². The predicted molar refractivity (Wildman–Crippen MR) is 133 cm³/mol. The maximum atomic E-state index is 11.3. The Labute approximate surface area is 200 Å². The fourth-order valence-electron chi connectivity index (χ4n) is 2.58. The molecule has 6 nitrogen and oxygen atoms in total. The second-order valence-corrected chi connectivity index (χ2v) is 7.37. The molecular weight excluding hydrogens is 432 g/mol. The van der Waals surface area contributed by atoms with Gasteiger partial charge in [0, 0.05) is 11.1 Å². The zero-order chi connectivity index (χ0) is 24.8. The van der Waals surface area contributed by atoms with Gasteiger partial charge in [-0.3, -0.25) is 0 Å². The molecule has 0 heterocycles. The van der Waals surface area contributed by atoms with Crippen LogP contribution in [0.2, 0.25) is 0 Å². The molecule has 0 radical (unpaired) electrons. The number of hydrogen-bond donors (Lipinski definition) is 0. The summed E-state index contributed by atoms with van der Waals surface area (Å²) < 4.78 is 20.7. The third-order valence-corrected chi connectivity index (χ3v) is 4.33. The molecule has 0 aliphatic heterocycles. The number of benzene rings is 3. The first-order valence-corrected chi connectivity index (χ1v) is 10.8. The Hall–Kier alpha value is -3.90. The van der Waals surface area contributed by atoms with Gasteiger partial charge in [0.25, 0.3) is 0 Å². The molecule has 3 aromatic rings. The summed E-state index contributed by atoms with van der Waals surface area (Å²) in [6.45, 7) is 11.8. The first-order valence-electron chi connectivity index (χ1n) is 10.8. The van der Waals surface area contributed by atoms with Gasteiger partial charge in [0.2, 0.25) is 0 Å². The summed E-state index contributed by atoms with van der Waals surface area (Å²) in [5.74, 6) is 0.580. The van der Waals surface area contributed by atoms with Gasteiger partial charge in [0.1, 0.15) is 24.7 Å². The lowest BCUT2D eigenvalue weighted by Gasteiger charge is -2.07. The lowest BCUT2D eigenvalue weighted by atomic mass is 10.1. The minimum Gasteiger partial charge on any atom is -0.491 e. The van der Waals surface area contributed by atoms with E-state index >= 15 is 0 Å². The van der Waals surface area contributed by atoms with Crippen LogP contribution < -0.4 is 9.47 Å². The summed E-state index contributed by atoms with van der Waals surface area (Å²) in [7, 11) is 0. The smallest absolute Gasteiger partial charge is 0.338 e. The molecule has 3 rings (SSSR count). The summed E-state index contributed by atoms with van der Waals surface area (Å²) in [6, 6.07) is 23.0. The lowest BCUT2D eigenvalue weighted by Crippen LogP contribution is -2.13. The largest absolute Gasteiger partial charge is 0.491 e. The van der Waals surface area contributed by atoms with Gasteiger partial charge in [-0.25, -0.2) is 9.59 Å². The van der Waals surface area contributed by atoms with E-state index in [4.69, 9.17) is 18.9 Å². The second kappa shape index (κ2) is 14.3. The number of carbonyl (C=O) groups is 2. The van der Waals surface area contributed by atoms with Gasteiger partial charge >= 0.3 is 11.9 Å². The van der Waals surface area contributed by atoms with E-state index in [2.05, 4.69) is 13.2 Å². The van der Waals surface area contributed by atoms with E-state index in [1.165, 1.54) is 0 Å². The van der Waals surface area contributed by atoms with Crippen LogP contribution in [0.25, 0.3) is 10.8 Å². The lowest BCUT2D eigenvalue weighted by molar-refractivity contribution is -0.140. The average Bonchev–Trinajstić information content (AvgIpc) is 2.84. The fourth-order valence-corrected chi connectivity index (χ4v) is 2.58. The Bertz CT molecular complexity index is 1100. The van der Waals surface area contributed by atoms with Crippen LogP contribution in [0.15, 0.2) is 97.1 Å². The van der Waals surface area contributed by atoms with E-state index in [1.807, 2.05) is 66.7 Å². The van der Waals surface area contributed by atoms with Gasteiger partial charge in [-0.05, 0) is 48.9 Å². The third-order valence-electron chi connectivity index (χ3n) is 4.33. The van der Waals surface area contributed by atoms with Crippen molar-refractivity contribution >= 4 is 22.7 Å². The molecule has 0 spiro atoms. The maximum Gasteiger partial charge on any atom is 0.338 e. The Morgan fingerprint density at radius 1 is 0.676 bits per heavy atom. The van der Waals surface area contributed by atoms with Crippen LogP contribution in [0.1, 0.15) is 13.8 Å². The third kappa shape index (κ3) is 9.71. The van der Waals surface area contributed by atoms with Crippen LogP contribution in [0.3, 0.4) is 0 Å². The SMILES string of the molecule is C=C(C)C(=O)OCCOCCOc1ccccc1.C=C(C)C(=O)Oc1ccc2ccccc2c1. The van der Waals surface area contributed by atoms with Crippen molar-refractivity contribution in [3.63, 3.8) is 0 Å². The van der Waals surface area contributed by atoms with Crippen molar-refractivity contribution in [3.8, 4) is 11.5 Å². The molecule has 0 aromatic heterocycles. The van der Waals surface area contributed by atoms with Crippen molar-refractivity contribution in [2.45, 2.75) is 13.8 Å². The van der Waals surface area contributed by atoms with E-state index < -0.39 is 5.97 Å². The standard InChI is InChI=1S/C14H18O4.C14H12O2/c1-12(2)14(15)18-11-9-16-8-10-17-13-6-4-3-5-7-13;1-10(2)14(15)16-13-8-7-11-5-3-4-6-12(11)9-13/h3-7H,1,8-11H2,2H3;3-9H,1H2,2H3. The highest BCUT2D eigenvalue weighted by Gasteiger charge is 2.05. The number of ether oxygens (including phenoxy) is 4.